The first-order valence-electron chi connectivity index (χ1n) is 9.00. The van der Waals surface area contributed by atoms with Gasteiger partial charge in [-0.05, 0) is 29.8 Å². The molecule has 0 fully saturated rings. The molecule has 1 spiro atoms. The van der Waals surface area contributed by atoms with Crippen LogP contribution < -0.4 is 15.2 Å². The van der Waals surface area contributed by atoms with Crippen LogP contribution in [0.15, 0.2) is 53.8 Å². The first kappa shape index (κ1) is 17.6. The molecule has 3 aromatic rings. The van der Waals surface area contributed by atoms with Gasteiger partial charge in [-0.15, -0.1) is 0 Å². The van der Waals surface area contributed by atoms with Crippen LogP contribution in [0.2, 0.25) is 0 Å². The Balaban J connectivity index is 1.77. The fraction of sp³-hybridized carbons (Fsp3) is 0.190. The van der Waals surface area contributed by atoms with E-state index in [9.17, 15) is 4.39 Å². The molecular formula is C21H17FN4O3. The van der Waals surface area contributed by atoms with Gasteiger partial charge in [-0.25, -0.2) is 9.97 Å². The summed E-state index contributed by atoms with van der Waals surface area (Å²) >= 11 is 0. The zero-order valence-electron chi connectivity index (χ0n) is 15.6. The highest BCUT2D eigenvalue weighted by molar-refractivity contribution is 5.84. The lowest BCUT2D eigenvalue weighted by Gasteiger charge is -2.39. The average Bonchev–Trinajstić information content (AvgIpc) is 2.74. The summed E-state index contributed by atoms with van der Waals surface area (Å²) in [5.74, 6) is 1.36. The Morgan fingerprint density at radius 2 is 2.00 bits per heavy atom. The van der Waals surface area contributed by atoms with Crippen molar-refractivity contribution in [3.8, 4) is 28.5 Å². The number of aliphatic imine (C=N–C) groups is 1. The zero-order chi connectivity index (χ0) is 20.0. The molecule has 7 nitrogen and oxygen atoms in total. The Morgan fingerprint density at radius 3 is 2.79 bits per heavy atom. The van der Waals surface area contributed by atoms with Crippen LogP contribution in [0.4, 0.5) is 4.39 Å². The summed E-state index contributed by atoms with van der Waals surface area (Å²) in [4.78, 5) is 12.8. The summed E-state index contributed by atoms with van der Waals surface area (Å²) in [6, 6.07) is 10.5. The molecule has 4 heterocycles. The first-order valence-corrected chi connectivity index (χ1v) is 9.00. The van der Waals surface area contributed by atoms with E-state index in [-0.39, 0.29) is 13.2 Å². The predicted molar refractivity (Wildman–Crippen MR) is 104 cm³/mol. The molecule has 29 heavy (non-hydrogen) atoms. The van der Waals surface area contributed by atoms with Gasteiger partial charge in [-0.1, -0.05) is 6.07 Å². The Kier molecular flexibility index (Phi) is 3.95. The van der Waals surface area contributed by atoms with Crippen molar-refractivity contribution >= 4 is 5.84 Å². The van der Waals surface area contributed by atoms with E-state index >= 15 is 0 Å². The van der Waals surface area contributed by atoms with Gasteiger partial charge >= 0.3 is 0 Å². The molecule has 0 saturated heterocycles. The monoisotopic (exact) mass is 392 g/mol. The number of pyridine rings is 2. The summed E-state index contributed by atoms with van der Waals surface area (Å²) in [6.45, 7) is 0.496. The predicted octanol–water partition coefficient (Wildman–Crippen LogP) is 3.03. The van der Waals surface area contributed by atoms with Gasteiger partial charge in [-0.3, -0.25) is 4.99 Å². The van der Waals surface area contributed by atoms with Crippen molar-refractivity contribution in [2.75, 3.05) is 20.3 Å². The van der Waals surface area contributed by atoms with Crippen molar-refractivity contribution in [1.29, 1.82) is 0 Å². The van der Waals surface area contributed by atoms with Gasteiger partial charge in [0, 0.05) is 29.0 Å². The van der Waals surface area contributed by atoms with Gasteiger partial charge in [0.2, 0.25) is 11.8 Å². The van der Waals surface area contributed by atoms with Crippen molar-refractivity contribution < 1.29 is 18.6 Å². The second kappa shape index (κ2) is 6.52. The molecule has 0 bridgehead atoms. The number of hydrogen-bond donors (Lipinski definition) is 1. The Morgan fingerprint density at radius 1 is 1.14 bits per heavy atom. The van der Waals surface area contributed by atoms with E-state index in [1.165, 1.54) is 13.3 Å². The van der Waals surface area contributed by atoms with Gasteiger partial charge < -0.3 is 19.9 Å². The molecule has 0 aliphatic carbocycles. The van der Waals surface area contributed by atoms with Crippen molar-refractivity contribution in [1.82, 2.24) is 9.97 Å². The van der Waals surface area contributed by atoms with E-state index in [1.54, 1.807) is 36.5 Å². The summed E-state index contributed by atoms with van der Waals surface area (Å²) in [5, 5.41) is 0. The Bertz CT molecular complexity index is 1150. The lowest BCUT2D eigenvalue weighted by Crippen LogP contribution is -2.42. The van der Waals surface area contributed by atoms with Gasteiger partial charge in [0.1, 0.15) is 23.7 Å². The number of fused-ring (bicyclic) bond motifs is 4. The SMILES string of the molecule is COc1cc2c(cn1)Oc1ccc(-c3cccnc3F)cc1C21COCC(N)=N1. The molecule has 146 valence electrons. The van der Waals surface area contributed by atoms with Crippen LogP contribution in [0.25, 0.3) is 11.1 Å². The highest BCUT2D eigenvalue weighted by Gasteiger charge is 2.45. The lowest BCUT2D eigenvalue weighted by atomic mass is 9.80. The van der Waals surface area contributed by atoms with Gasteiger partial charge in [-0.2, -0.15) is 4.39 Å². The van der Waals surface area contributed by atoms with E-state index in [0.29, 0.717) is 34.3 Å². The molecule has 1 atom stereocenters. The quantitative estimate of drug-likeness (QED) is 0.674. The number of nitrogens with two attached hydrogens (primary N) is 1. The first-order chi connectivity index (χ1) is 14.1. The van der Waals surface area contributed by atoms with E-state index in [4.69, 9.17) is 24.9 Å². The molecule has 0 amide bonds. The molecule has 2 aliphatic rings. The van der Waals surface area contributed by atoms with Crippen molar-refractivity contribution in [3.05, 3.63) is 65.9 Å². The van der Waals surface area contributed by atoms with E-state index in [1.807, 2.05) is 6.07 Å². The molecule has 2 aliphatic heterocycles. The molecule has 0 saturated carbocycles. The minimum absolute atomic E-state index is 0.242. The maximum absolute atomic E-state index is 14.3. The second-order valence-electron chi connectivity index (χ2n) is 6.83. The summed E-state index contributed by atoms with van der Waals surface area (Å²) < 4.78 is 31.4. The molecule has 8 heteroatoms. The van der Waals surface area contributed by atoms with E-state index in [2.05, 4.69) is 9.97 Å². The van der Waals surface area contributed by atoms with E-state index in [0.717, 1.165) is 11.1 Å². The molecule has 0 radical (unpaired) electrons. The summed E-state index contributed by atoms with van der Waals surface area (Å²) in [5.41, 5.74) is 7.61. The maximum atomic E-state index is 14.3. The van der Waals surface area contributed by atoms with Crippen LogP contribution in [-0.4, -0.2) is 36.1 Å². The molecule has 1 aromatic carbocycles. The molecular weight excluding hydrogens is 375 g/mol. The van der Waals surface area contributed by atoms with Gasteiger partial charge in [0.15, 0.2) is 5.75 Å². The molecule has 1 unspecified atom stereocenters. The minimum atomic E-state index is -0.948. The minimum Gasteiger partial charge on any atom is -0.481 e. The van der Waals surface area contributed by atoms with Gasteiger partial charge in [0.05, 0.1) is 19.9 Å². The third kappa shape index (κ3) is 2.72. The Hall–Kier alpha value is -3.52. The number of halogens is 1. The number of amidine groups is 1. The number of benzene rings is 1. The number of methoxy groups -OCH3 is 1. The van der Waals surface area contributed by atoms with Crippen LogP contribution in [0.5, 0.6) is 17.4 Å². The fourth-order valence-electron chi connectivity index (χ4n) is 3.80. The maximum Gasteiger partial charge on any atom is 0.220 e. The third-order valence-electron chi connectivity index (χ3n) is 5.11. The normalized spacial score (nSPS) is 19.7. The zero-order valence-corrected chi connectivity index (χ0v) is 15.6. The van der Waals surface area contributed by atoms with Crippen molar-refractivity contribution in [2.24, 2.45) is 10.7 Å². The van der Waals surface area contributed by atoms with Crippen molar-refractivity contribution in [3.63, 3.8) is 0 Å². The van der Waals surface area contributed by atoms with Crippen LogP contribution in [-0.2, 0) is 10.3 Å². The highest BCUT2D eigenvalue weighted by Crippen LogP contribution is 2.51. The van der Waals surface area contributed by atoms with E-state index < -0.39 is 11.5 Å². The number of aromatic nitrogens is 2. The topological polar surface area (TPSA) is 91.8 Å². The Labute approximate surface area is 166 Å². The molecule has 2 N–H and O–H groups in total. The van der Waals surface area contributed by atoms with Gasteiger partial charge in [0.25, 0.3) is 0 Å². The summed E-state index contributed by atoms with van der Waals surface area (Å²) in [7, 11) is 1.54. The standard InChI is InChI=1S/C21H17FN4O3/c1-27-19-8-15-17(9-25-19)29-16-5-4-12(13-3-2-6-24-20(13)22)7-14(16)21(15)11-28-10-18(23)26-21/h2-9H,10-11H2,1H3,(H2,23,26). The fourth-order valence-corrected chi connectivity index (χ4v) is 3.80. The van der Waals surface area contributed by atoms with Crippen molar-refractivity contribution in [2.45, 2.75) is 5.54 Å². The highest BCUT2D eigenvalue weighted by atomic mass is 19.1. The number of ether oxygens (including phenoxy) is 3. The molecule has 5 rings (SSSR count). The number of rotatable bonds is 2. The lowest BCUT2D eigenvalue weighted by molar-refractivity contribution is 0.109. The number of hydrogen-bond acceptors (Lipinski definition) is 7. The summed E-state index contributed by atoms with van der Waals surface area (Å²) in [6.07, 6.45) is 3.01. The van der Waals surface area contributed by atoms with Crippen LogP contribution >= 0.6 is 0 Å². The van der Waals surface area contributed by atoms with Crippen LogP contribution in [0.1, 0.15) is 11.1 Å². The number of nitrogens with zero attached hydrogens (tertiary/aromatic N) is 3. The molecule has 2 aromatic heterocycles. The van der Waals surface area contributed by atoms with Crippen LogP contribution in [0, 0.1) is 5.95 Å². The second-order valence-corrected chi connectivity index (χ2v) is 6.83. The van der Waals surface area contributed by atoms with Crippen LogP contribution in [0.3, 0.4) is 0 Å². The average molecular weight is 392 g/mol. The smallest absolute Gasteiger partial charge is 0.220 e. The largest absolute Gasteiger partial charge is 0.481 e. The third-order valence-corrected chi connectivity index (χ3v) is 5.11.